The molecule has 1 amide bonds. The fraction of sp³-hybridized carbons (Fsp3) is 0.100. The van der Waals surface area contributed by atoms with Crippen LogP contribution in [0.5, 0.6) is 11.6 Å². The van der Waals surface area contributed by atoms with Crippen LogP contribution in [-0.4, -0.2) is 21.8 Å². The number of benzene rings is 1. The number of carbonyl (C=O) groups excluding carboxylic acids is 1. The number of rotatable bonds is 5. The molecule has 0 aliphatic carbocycles. The van der Waals surface area contributed by atoms with Gasteiger partial charge in [0.2, 0.25) is 5.88 Å². The van der Waals surface area contributed by atoms with Crippen LogP contribution in [0.3, 0.4) is 0 Å². The highest BCUT2D eigenvalue weighted by Crippen LogP contribution is 2.29. The molecule has 0 aliphatic heterocycles. The number of hydrogen-bond donors (Lipinski definition) is 1. The topological polar surface area (TPSA) is 96.5 Å². The highest BCUT2D eigenvalue weighted by molar-refractivity contribution is 6.32. The van der Waals surface area contributed by atoms with E-state index in [1.165, 1.54) is 10.5 Å². The lowest BCUT2D eigenvalue weighted by atomic mass is 10.1. The number of ether oxygens (including phenoxy) is 1. The Morgan fingerprint density at radius 2 is 2.07 bits per heavy atom. The number of hydrogen-bond acceptors (Lipinski definition) is 5. The van der Waals surface area contributed by atoms with E-state index in [0.717, 1.165) is 0 Å². The fourth-order valence-electron chi connectivity index (χ4n) is 2.46. The maximum Gasteiger partial charge on any atom is 0.269 e. The SMILES string of the molecule is CCNC(=O)C(C#N)=Cc1c(Oc2ccccc2Cl)nc2ccccn2c1=O. The van der Waals surface area contributed by atoms with Gasteiger partial charge >= 0.3 is 0 Å². The van der Waals surface area contributed by atoms with Crippen LogP contribution < -0.4 is 15.6 Å². The van der Waals surface area contributed by atoms with E-state index in [9.17, 15) is 14.9 Å². The molecule has 8 heteroatoms. The van der Waals surface area contributed by atoms with Gasteiger partial charge < -0.3 is 10.1 Å². The van der Waals surface area contributed by atoms with Crippen LogP contribution in [0.25, 0.3) is 11.7 Å². The molecule has 0 bridgehead atoms. The van der Waals surface area contributed by atoms with Crippen LogP contribution in [0.1, 0.15) is 12.5 Å². The third-order valence-corrected chi connectivity index (χ3v) is 4.08. The molecule has 0 saturated heterocycles. The largest absolute Gasteiger partial charge is 0.437 e. The minimum atomic E-state index is -0.591. The van der Waals surface area contributed by atoms with Gasteiger partial charge in [-0.2, -0.15) is 10.2 Å². The van der Waals surface area contributed by atoms with Gasteiger partial charge in [-0.25, -0.2) is 0 Å². The molecule has 0 spiro atoms. The molecule has 0 fully saturated rings. The number of pyridine rings is 1. The Morgan fingerprint density at radius 3 is 2.79 bits per heavy atom. The molecule has 0 aliphatic rings. The predicted molar refractivity (Wildman–Crippen MR) is 105 cm³/mol. The van der Waals surface area contributed by atoms with Gasteiger partial charge in [-0.15, -0.1) is 0 Å². The van der Waals surface area contributed by atoms with Crippen LogP contribution in [0.4, 0.5) is 0 Å². The summed E-state index contributed by atoms with van der Waals surface area (Å²) in [5, 5.41) is 12.2. The summed E-state index contributed by atoms with van der Waals surface area (Å²) in [5.41, 5.74) is -0.403. The number of nitrogens with one attached hydrogen (secondary N) is 1. The lowest BCUT2D eigenvalue weighted by molar-refractivity contribution is -0.116. The first-order valence-electron chi connectivity index (χ1n) is 8.39. The minimum Gasteiger partial charge on any atom is -0.437 e. The van der Waals surface area contributed by atoms with Crippen molar-refractivity contribution in [2.75, 3.05) is 6.54 Å². The number of amides is 1. The molecule has 0 radical (unpaired) electrons. The Balaban J connectivity index is 2.23. The molecule has 1 N–H and O–H groups in total. The zero-order valence-corrected chi connectivity index (χ0v) is 15.6. The second-order valence-electron chi connectivity index (χ2n) is 5.63. The summed E-state index contributed by atoms with van der Waals surface area (Å²) in [4.78, 5) is 29.4. The maximum absolute atomic E-state index is 13.0. The average molecular weight is 395 g/mol. The standard InChI is InChI=1S/C20H15ClN4O3/c1-2-23-18(26)13(12-22)11-14-19(28-16-8-4-3-7-15(16)21)24-17-9-5-6-10-25(17)20(14)27/h3-11H,2H2,1H3,(H,23,26). The van der Waals surface area contributed by atoms with Crippen molar-refractivity contribution in [3.8, 4) is 17.7 Å². The van der Waals surface area contributed by atoms with E-state index in [1.807, 2.05) is 0 Å². The summed E-state index contributed by atoms with van der Waals surface area (Å²) in [7, 11) is 0. The molecule has 28 heavy (non-hydrogen) atoms. The van der Waals surface area contributed by atoms with E-state index in [2.05, 4.69) is 10.3 Å². The van der Waals surface area contributed by atoms with Gasteiger partial charge in [0.15, 0.2) is 0 Å². The number of nitriles is 1. The van der Waals surface area contributed by atoms with Crippen molar-refractivity contribution in [3.63, 3.8) is 0 Å². The first-order chi connectivity index (χ1) is 13.5. The van der Waals surface area contributed by atoms with E-state index in [1.54, 1.807) is 61.7 Å². The molecule has 0 atom stereocenters. The van der Waals surface area contributed by atoms with Gasteiger partial charge in [-0.3, -0.25) is 14.0 Å². The van der Waals surface area contributed by atoms with E-state index < -0.39 is 11.5 Å². The summed E-state index contributed by atoms with van der Waals surface area (Å²) in [6, 6.07) is 13.6. The number of likely N-dealkylation sites (N-methyl/N-ethyl adjacent to an activating group) is 1. The van der Waals surface area contributed by atoms with Crippen LogP contribution >= 0.6 is 11.6 Å². The third-order valence-electron chi connectivity index (χ3n) is 3.77. The van der Waals surface area contributed by atoms with Crippen molar-refractivity contribution in [2.45, 2.75) is 6.92 Å². The number of aromatic nitrogens is 2. The number of para-hydroxylation sites is 1. The molecular formula is C20H15ClN4O3. The number of halogens is 1. The third kappa shape index (κ3) is 3.87. The summed E-state index contributed by atoms with van der Waals surface area (Å²) in [5.74, 6) is -0.352. The number of carbonyl (C=O) groups is 1. The first-order valence-corrected chi connectivity index (χ1v) is 8.76. The molecule has 2 heterocycles. The molecule has 2 aromatic heterocycles. The zero-order chi connectivity index (χ0) is 20.1. The summed E-state index contributed by atoms with van der Waals surface area (Å²) in [6.45, 7) is 2.07. The smallest absolute Gasteiger partial charge is 0.269 e. The molecule has 140 valence electrons. The Bertz CT molecular complexity index is 1180. The van der Waals surface area contributed by atoms with Gasteiger partial charge in [0.25, 0.3) is 11.5 Å². The van der Waals surface area contributed by atoms with Crippen LogP contribution in [0.2, 0.25) is 5.02 Å². The van der Waals surface area contributed by atoms with Crippen LogP contribution in [0.15, 0.2) is 59.0 Å². The highest BCUT2D eigenvalue weighted by atomic mass is 35.5. The summed E-state index contributed by atoms with van der Waals surface area (Å²) < 4.78 is 7.08. The Labute approximate surface area is 165 Å². The fourth-order valence-corrected chi connectivity index (χ4v) is 2.64. The van der Waals surface area contributed by atoms with Crippen molar-refractivity contribution in [1.29, 1.82) is 5.26 Å². The lowest BCUT2D eigenvalue weighted by Gasteiger charge is -2.11. The van der Waals surface area contributed by atoms with Crippen molar-refractivity contribution in [2.24, 2.45) is 0 Å². The molecule has 3 rings (SSSR count). The van der Waals surface area contributed by atoms with Crippen molar-refractivity contribution >= 4 is 29.2 Å². The van der Waals surface area contributed by atoms with Gasteiger partial charge in [0.05, 0.1) is 5.02 Å². The molecule has 7 nitrogen and oxygen atoms in total. The second kappa shape index (κ2) is 8.37. The number of fused-ring (bicyclic) bond motifs is 1. The van der Waals surface area contributed by atoms with Crippen molar-refractivity contribution in [1.82, 2.24) is 14.7 Å². The highest BCUT2D eigenvalue weighted by Gasteiger charge is 2.17. The molecular weight excluding hydrogens is 380 g/mol. The normalized spacial score (nSPS) is 11.1. The summed E-state index contributed by atoms with van der Waals surface area (Å²) in [6.07, 6.45) is 2.71. The Kier molecular flexibility index (Phi) is 5.72. The molecule has 3 aromatic rings. The van der Waals surface area contributed by atoms with E-state index in [-0.39, 0.29) is 17.0 Å². The number of nitrogens with zero attached hydrogens (tertiary/aromatic N) is 3. The van der Waals surface area contributed by atoms with E-state index in [4.69, 9.17) is 16.3 Å². The van der Waals surface area contributed by atoms with Crippen molar-refractivity contribution < 1.29 is 9.53 Å². The Hall–Kier alpha value is -3.63. The molecule has 0 unspecified atom stereocenters. The van der Waals surface area contributed by atoms with Gasteiger partial charge in [0, 0.05) is 12.7 Å². The molecule has 0 saturated carbocycles. The zero-order valence-electron chi connectivity index (χ0n) is 14.8. The van der Waals surface area contributed by atoms with Gasteiger partial charge in [-0.05, 0) is 37.3 Å². The summed E-state index contributed by atoms with van der Waals surface area (Å²) >= 11 is 6.14. The quantitative estimate of drug-likeness (QED) is 0.529. The predicted octanol–water partition coefficient (Wildman–Crippen LogP) is 3.18. The molecule has 1 aromatic carbocycles. The second-order valence-corrected chi connectivity index (χ2v) is 6.03. The van der Waals surface area contributed by atoms with Gasteiger partial charge in [-0.1, -0.05) is 29.8 Å². The van der Waals surface area contributed by atoms with Crippen molar-refractivity contribution in [3.05, 3.63) is 75.2 Å². The first kappa shape index (κ1) is 19.1. The monoisotopic (exact) mass is 394 g/mol. The Morgan fingerprint density at radius 1 is 1.32 bits per heavy atom. The van der Waals surface area contributed by atoms with Crippen LogP contribution in [0, 0.1) is 11.3 Å². The average Bonchev–Trinajstić information content (AvgIpc) is 2.70. The minimum absolute atomic E-state index is 0.0357. The van der Waals surface area contributed by atoms with Crippen LogP contribution in [-0.2, 0) is 4.79 Å². The van der Waals surface area contributed by atoms with E-state index >= 15 is 0 Å². The lowest BCUT2D eigenvalue weighted by Crippen LogP contribution is -2.25. The maximum atomic E-state index is 13.0. The van der Waals surface area contributed by atoms with E-state index in [0.29, 0.717) is 23.0 Å². The van der Waals surface area contributed by atoms with Gasteiger partial charge in [0.1, 0.15) is 28.6 Å².